The van der Waals surface area contributed by atoms with E-state index in [0.29, 0.717) is 16.6 Å². The van der Waals surface area contributed by atoms with E-state index in [1.807, 2.05) is 0 Å². The van der Waals surface area contributed by atoms with E-state index >= 15 is 0 Å². The predicted octanol–water partition coefficient (Wildman–Crippen LogP) is 3.21. The fourth-order valence-corrected chi connectivity index (χ4v) is 1.54. The van der Waals surface area contributed by atoms with Crippen molar-refractivity contribution in [1.82, 2.24) is 0 Å². The molecule has 0 amide bonds. The highest BCUT2D eigenvalue weighted by Crippen LogP contribution is 2.27. The van der Waals surface area contributed by atoms with Crippen molar-refractivity contribution in [3.05, 3.63) is 39.1 Å². The van der Waals surface area contributed by atoms with Crippen LogP contribution in [0.5, 0.6) is 0 Å². The summed E-state index contributed by atoms with van der Waals surface area (Å²) >= 11 is 8.78. The van der Waals surface area contributed by atoms with Gasteiger partial charge in [-0.25, -0.2) is 4.39 Å². The quantitative estimate of drug-likeness (QED) is 0.816. The molecule has 1 aromatic carbocycles. The Hall–Kier alpha value is -0.380. The normalized spacial score (nSPS) is 11.1. The monoisotopic (exact) mass is 263 g/mol. The lowest BCUT2D eigenvalue weighted by atomic mass is 10.2. The van der Waals surface area contributed by atoms with Gasteiger partial charge in [0.05, 0.1) is 9.50 Å². The second-order valence-electron chi connectivity index (χ2n) is 2.40. The van der Waals surface area contributed by atoms with E-state index in [2.05, 4.69) is 15.9 Å². The molecule has 0 atom stereocenters. The summed E-state index contributed by atoms with van der Waals surface area (Å²) in [6.07, 6.45) is 3.41. The van der Waals surface area contributed by atoms with Crippen molar-refractivity contribution in [2.45, 2.75) is 0 Å². The van der Waals surface area contributed by atoms with Gasteiger partial charge in [-0.15, -0.1) is 0 Å². The number of hydrogen-bond donors (Lipinski definition) is 1. The molecule has 1 aromatic rings. The zero-order valence-electron chi connectivity index (χ0n) is 6.73. The van der Waals surface area contributed by atoms with Crippen LogP contribution >= 0.6 is 27.5 Å². The number of hydrogen-bond acceptors (Lipinski definition) is 1. The highest BCUT2D eigenvalue weighted by molar-refractivity contribution is 9.10. The molecule has 0 saturated heterocycles. The first-order valence-corrected chi connectivity index (χ1v) is 4.84. The standard InChI is InChI=1S/C9H8BrClFN/c10-7-4-3-6(2-1-5-13)8(11)9(7)12/h1-4H,5,13H2/b2-1+. The summed E-state index contributed by atoms with van der Waals surface area (Å²) in [7, 11) is 0. The Labute approximate surface area is 89.5 Å². The van der Waals surface area contributed by atoms with Crippen LogP contribution in [0.2, 0.25) is 5.02 Å². The first kappa shape index (κ1) is 10.7. The molecule has 0 saturated carbocycles. The maximum absolute atomic E-state index is 13.2. The van der Waals surface area contributed by atoms with E-state index in [4.69, 9.17) is 17.3 Å². The largest absolute Gasteiger partial charge is 0.327 e. The molecular weight excluding hydrogens is 256 g/mol. The van der Waals surface area contributed by atoms with Crippen LogP contribution in [0.15, 0.2) is 22.7 Å². The van der Waals surface area contributed by atoms with E-state index in [9.17, 15) is 4.39 Å². The summed E-state index contributed by atoms with van der Waals surface area (Å²) in [6, 6.07) is 3.33. The molecule has 1 nitrogen and oxygen atoms in total. The van der Waals surface area contributed by atoms with E-state index in [1.165, 1.54) is 0 Å². The molecule has 0 heterocycles. The van der Waals surface area contributed by atoms with Gasteiger partial charge in [0.15, 0.2) is 5.82 Å². The fourth-order valence-electron chi connectivity index (χ4n) is 0.865. The number of rotatable bonds is 2. The smallest absolute Gasteiger partial charge is 0.156 e. The second-order valence-corrected chi connectivity index (χ2v) is 3.63. The SMILES string of the molecule is NC/C=C/c1ccc(Br)c(F)c1Cl. The third-order valence-electron chi connectivity index (χ3n) is 1.50. The molecule has 0 aliphatic carbocycles. The Balaban J connectivity index is 3.11. The molecule has 0 unspecified atom stereocenters. The maximum atomic E-state index is 13.2. The minimum Gasteiger partial charge on any atom is -0.327 e. The molecule has 70 valence electrons. The molecule has 13 heavy (non-hydrogen) atoms. The molecule has 0 aliphatic rings. The van der Waals surface area contributed by atoms with Crippen molar-refractivity contribution < 1.29 is 4.39 Å². The summed E-state index contributed by atoms with van der Waals surface area (Å²) < 4.78 is 13.5. The van der Waals surface area contributed by atoms with Crippen molar-refractivity contribution in [2.75, 3.05) is 6.54 Å². The Kier molecular flexibility index (Phi) is 3.90. The van der Waals surface area contributed by atoms with Gasteiger partial charge in [-0.1, -0.05) is 29.8 Å². The maximum Gasteiger partial charge on any atom is 0.156 e. The molecule has 1 rings (SSSR count). The van der Waals surface area contributed by atoms with Crippen molar-refractivity contribution in [2.24, 2.45) is 5.73 Å². The molecule has 2 N–H and O–H groups in total. The van der Waals surface area contributed by atoms with E-state index in [-0.39, 0.29) is 5.02 Å². The lowest BCUT2D eigenvalue weighted by Crippen LogP contribution is -1.92. The second kappa shape index (κ2) is 4.74. The van der Waals surface area contributed by atoms with Gasteiger partial charge in [0, 0.05) is 6.54 Å². The molecule has 0 fully saturated rings. The Morgan fingerprint density at radius 2 is 2.23 bits per heavy atom. The number of nitrogens with two attached hydrogens (primary N) is 1. The lowest BCUT2D eigenvalue weighted by Gasteiger charge is -2.01. The third kappa shape index (κ3) is 2.53. The van der Waals surface area contributed by atoms with Crippen LogP contribution in [0.3, 0.4) is 0 Å². The van der Waals surface area contributed by atoms with Crippen molar-refractivity contribution >= 4 is 33.6 Å². The van der Waals surface area contributed by atoms with Gasteiger partial charge in [-0.05, 0) is 27.6 Å². The van der Waals surface area contributed by atoms with Crippen LogP contribution < -0.4 is 5.73 Å². The zero-order chi connectivity index (χ0) is 9.84. The van der Waals surface area contributed by atoms with E-state index in [0.717, 1.165) is 0 Å². The Bertz CT molecular complexity index is 339. The summed E-state index contributed by atoms with van der Waals surface area (Å²) in [5, 5.41) is 0.110. The Morgan fingerprint density at radius 1 is 1.54 bits per heavy atom. The molecule has 0 aromatic heterocycles. The van der Waals surface area contributed by atoms with Gasteiger partial charge in [0.25, 0.3) is 0 Å². The summed E-state index contributed by atoms with van der Waals surface area (Å²) in [6.45, 7) is 0.411. The van der Waals surface area contributed by atoms with Crippen molar-refractivity contribution in [1.29, 1.82) is 0 Å². The molecule has 0 radical (unpaired) electrons. The number of benzene rings is 1. The van der Waals surface area contributed by atoms with Crippen LogP contribution in [0.4, 0.5) is 4.39 Å². The molecule has 0 aliphatic heterocycles. The topological polar surface area (TPSA) is 26.0 Å². The van der Waals surface area contributed by atoms with Crippen molar-refractivity contribution in [3.8, 4) is 0 Å². The number of halogens is 3. The highest BCUT2D eigenvalue weighted by Gasteiger charge is 2.07. The first-order valence-electron chi connectivity index (χ1n) is 3.67. The minimum atomic E-state index is -0.444. The summed E-state index contributed by atoms with van der Waals surface area (Å²) in [4.78, 5) is 0. The van der Waals surface area contributed by atoms with Gasteiger partial charge in [-0.3, -0.25) is 0 Å². The summed E-state index contributed by atoms with van der Waals surface area (Å²) in [5.74, 6) is -0.444. The Morgan fingerprint density at radius 3 is 2.85 bits per heavy atom. The van der Waals surface area contributed by atoms with Gasteiger partial charge in [0.2, 0.25) is 0 Å². The van der Waals surface area contributed by atoms with Gasteiger partial charge in [0.1, 0.15) is 0 Å². The van der Waals surface area contributed by atoms with Crippen LogP contribution in [-0.2, 0) is 0 Å². The van der Waals surface area contributed by atoms with Crippen LogP contribution in [0.1, 0.15) is 5.56 Å². The first-order chi connectivity index (χ1) is 6.16. The third-order valence-corrected chi connectivity index (χ3v) is 2.50. The highest BCUT2D eigenvalue weighted by atomic mass is 79.9. The van der Waals surface area contributed by atoms with Crippen LogP contribution in [-0.4, -0.2) is 6.54 Å². The average Bonchev–Trinajstić information content (AvgIpc) is 2.13. The van der Waals surface area contributed by atoms with E-state index in [1.54, 1.807) is 24.3 Å². The fraction of sp³-hybridized carbons (Fsp3) is 0.111. The van der Waals surface area contributed by atoms with E-state index < -0.39 is 5.82 Å². The van der Waals surface area contributed by atoms with Crippen molar-refractivity contribution in [3.63, 3.8) is 0 Å². The lowest BCUT2D eigenvalue weighted by molar-refractivity contribution is 0.621. The van der Waals surface area contributed by atoms with Gasteiger partial charge in [-0.2, -0.15) is 0 Å². The minimum absolute atomic E-state index is 0.110. The summed E-state index contributed by atoms with van der Waals surface area (Å²) in [5.41, 5.74) is 5.89. The van der Waals surface area contributed by atoms with Crippen LogP contribution in [0, 0.1) is 5.82 Å². The average molecular weight is 265 g/mol. The van der Waals surface area contributed by atoms with Gasteiger partial charge >= 0.3 is 0 Å². The van der Waals surface area contributed by atoms with Gasteiger partial charge < -0.3 is 5.73 Å². The zero-order valence-corrected chi connectivity index (χ0v) is 9.07. The molecular formula is C9H8BrClFN. The predicted molar refractivity (Wildman–Crippen MR) is 57.2 cm³/mol. The molecule has 0 bridgehead atoms. The molecule has 4 heteroatoms. The van der Waals surface area contributed by atoms with Crippen LogP contribution in [0.25, 0.3) is 6.08 Å². The molecule has 0 spiro atoms.